The molecule has 0 saturated heterocycles. The molecule has 88 valence electrons. The van der Waals surface area contributed by atoms with Crippen molar-refractivity contribution in [3.63, 3.8) is 0 Å². The van der Waals surface area contributed by atoms with E-state index in [2.05, 4.69) is 15.9 Å². The molecule has 16 heavy (non-hydrogen) atoms. The Bertz CT molecular complexity index is 395. The first-order valence-corrected chi connectivity index (χ1v) is 5.93. The molecule has 0 heterocycles. The van der Waals surface area contributed by atoms with Gasteiger partial charge < -0.3 is 10.8 Å². The highest BCUT2D eigenvalue weighted by molar-refractivity contribution is 9.10. The van der Waals surface area contributed by atoms with Gasteiger partial charge in [0.1, 0.15) is 5.75 Å². The maximum Gasteiger partial charge on any atom is 0.167 e. The smallest absolute Gasteiger partial charge is 0.167 e. The van der Waals surface area contributed by atoms with Crippen molar-refractivity contribution in [1.82, 2.24) is 0 Å². The van der Waals surface area contributed by atoms with Gasteiger partial charge in [0.05, 0.1) is 10.0 Å². The van der Waals surface area contributed by atoms with Crippen LogP contribution in [0.1, 0.15) is 30.9 Å². The van der Waals surface area contributed by atoms with E-state index in [0.29, 0.717) is 0 Å². The summed E-state index contributed by atoms with van der Waals surface area (Å²) in [5, 5.41) is 9.71. The zero-order chi connectivity index (χ0) is 11.9. The number of phenolic OH excluding ortho intramolecular Hbond substituents is 1. The molecular weight excluding hydrogens is 280 g/mol. The van der Waals surface area contributed by atoms with Crippen LogP contribution >= 0.6 is 15.9 Å². The van der Waals surface area contributed by atoms with Gasteiger partial charge in [-0.15, -0.1) is 0 Å². The van der Waals surface area contributed by atoms with Crippen molar-refractivity contribution in [3.05, 3.63) is 27.7 Å². The van der Waals surface area contributed by atoms with Crippen LogP contribution in [0.2, 0.25) is 0 Å². The lowest BCUT2D eigenvalue weighted by Gasteiger charge is -2.32. The van der Waals surface area contributed by atoms with Crippen LogP contribution in [-0.2, 0) is 0 Å². The van der Waals surface area contributed by atoms with Crippen LogP contribution in [0.5, 0.6) is 5.75 Å². The molecule has 0 radical (unpaired) electrons. The summed E-state index contributed by atoms with van der Waals surface area (Å²) >= 11 is 2.98. The van der Waals surface area contributed by atoms with Gasteiger partial charge in [0.2, 0.25) is 0 Å². The second-order valence-corrected chi connectivity index (χ2v) is 4.99. The predicted molar refractivity (Wildman–Crippen MR) is 60.0 cm³/mol. The maximum absolute atomic E-state index is 13.6. The van der Waals surface area contributed by atoms with E-state index in [0.717, 1.165) is 25.3 Å². The van der Waals surface area contributed by atoms with E-state index in [-0.39, 0.29) is 21.7 Å². The maximum atomic E-state index is 13.6. The third-order valence-electron chi connectivity index (χ3n) is 3.17. The summed E-state index contributed by atoms with van der Waals surface area (Å²) in [5.41, 5.74) is 5.74. The molecule has 0 unspecified atom stereocenters. The van der Waals surface area contributed by atoms with Crippen molar-refractivity contribution in [2.75, 3.05) is 0 Å². The van der Waals surface area contributed by atoms with Gasteiger partial charge in [-0.1, -0.05) is 6.42 Å². The Labute approximate surface area is 101 Å². The van der Waals surface area contributed by atoms with E-state index in [1.807, 2.05) is 0 Å². The highest BCUT2D eigenvalue weighted by atomic mass is 79.9. The van der Waals surface area contributed by atoms with E-state index in [1.54, 1.807) is 0 Å². The second-order valence-electron chi connectivity index (χ2n) is 4.13. The van der Waals surface area contributed by atoms with E-state index in [4.69, 9.17) is 5.73 Å². The van der Waals surface area contributed by atoms with E-state index < -0.39 is 17.7 Å². The summed E-state index contributed by atoms with van der Waals surface area (Å²) in [6, 6.07) is 0.266. The molecule has 0 aliphatic heterocycles. The molecule has 1 atom stereocenters. The highest BCUT2D eigenvalue weighted by Crippen LogP contribution is 2.42. The summed E-state index contributed by atoms with van der Waals surface area (Å²) in [6.45, 7) is 0. The van der Waals surface area contributed by atoms with Crippen LogP contribution in [0.25, 0.3) is 0 Å². The Hall–Kier alpha value is -0.680. The third kappa shape index (κ3) is 1.82. The van der Waals surface area contributed by atoms with Crippen molar-refractivity contribution in [1.29, 1.82) is 0 Å². The highest BCUT2D eigenvalue weighted by Gasteiger charge is 2.31. The molecule has 2 nitrogen and oxygen atoms in total. The fourth-order valence-electron chi connectivity index (χ4n) is 1.94. The van der Waals surface area contributed by atoms with E-state index >= 15 is 0 Å². The van der Waals surface area contributed by atoms with Crippen LogP contribution in [0.4, 0.5) is 8.78 Å². The van der Waals surface area contributed by atoms with Crippen LogP contribution in [0.15, 0.2) is 10.5 Å². The number of hydrogen-bond acceptors (Lipinski definition) is 2. The van der Waals surface area contributed by atoms with Crippen LogP contribution < -0.4 is 5.73 Å². The summed E-state index contributed by atoms with van der Waals surface area (Å²) in [6.07, 6.45) is 2.85. The quantitative estimate of drug-likeness (QED) is 0.822. The number of aromatic hydroxyl groups is 1. The Balaban J connectivity index is 2.45. The van der Waals surface area contributed by atoms with Gasteiger partial charge in [0.25, 0.3) is 0 Å². The molecule has 2 rings (SSSR count). The SMILES string of the molecule is N[C@H](c1c(O)c(Br)cc(F)c1F)C1CCC1. The molecule has 1 saturated carbocycles. The van der Waals surface area contributed by atoms with Gasteiger partial charge >= 0.3 is 0 Å². The minimum absolute atomic E-state index is 0.114. The first-order chi connectivity index (χ1) is 7.52. The van der Waals surface area contributed by atoms with Crippen molar-refractivity contribution >= 4 is 15.9 Å². The molecule has 1 aromatic rings. The molecule has 1 aromatic carbocycles. The molecular formula is C11H12BrF2NO. The average Bonchev–Trinajstić information content (AvgIpc) is 2.12. The van der Waals surface area contributed by atoms with Crippen molar-refractivity contribution in [2.24, 2.45) is 11.7 Å². The van der Waals surface area contributed by atoms with Gasteiger partial charge in [-0.3, -0.25) is 0 Å². The Morgan fingerprint density at radius 3 is 2.56 bits per heavy atom. The van der Waals surface area contributed by atoms with Crippen LogP contribution in [0, 0.1) is 17.6 Å². The molecule has 0 amide bonds. The van der Waals surface area contributed by atoms with Crippen molar-refractivity contribution in [3.8, 4) is 5.75 Å². The molecule has 5 heteroatoms. The average molecular weight is 292 g/mol. The summed E-state index contributed by atoms with van der Waals surface area (Å²) < 4.78 is 26.9. The van der Waals surface area contributed by atoms with E-state index in [9.17, 15) is 13.9 Å². The number of rotatable bonds is 2. The minimum atomic E-state index is -1.04. The molecule has 1 aliphatic carbocycles. The second kappa shape index (κ2) is 4.30. The predicted octanol–water partition coefficient (Wildman–Crippen LogP) is 3.23. The third-order valence-corrected chi connectivity index (χ3v) is 3.78. The Morgan fingerprint density at radius 1 is 1.44 bits per heavy atom. The largest absolute Gasteiger partial charge is 0.506 e. The number of nitrogens with two attached hydrogens (primary N) is 1. The molecule has 0 spiro atoms. The molecule has 1 fully saturated rings. The fourth-order valence-corrected chi connectivity index (χ4v) is 2.36. The fraction of sp³-hybridized carbons (Fsp3) is 0.455. The first kappa shape index (κ1) is 11.8. The lowest BCUT2D eigenvalue weighted by atomic mass is 9.77. The van der Waals surface area contributed by atoms with E-state index in [1.165, 1.54) is 0 Å². The molecule has 0 aromatic heterocycles. The zero-order valence-electron chi connectivity index (χ0n) is 8.51. The van der Waals surface area contributed by atoms with Crippen molar-refractivity contribution in [2.45, 2.75) is 25.3 Å². The molecule has 3 N–H and O–H groups in total. The topological polar surface area (TPSA) is 46.2 Å². The summed E-state index contributed by atoms with van der Waals surface area (Å²) in [5.74, 6) is -2.19. The van der Waals surface area contributed by atoms with Gasteiger partial charge in [0, 0.05) is 6.04 Å². The number of hydrogen-bond donors (Lipinski definition) is 2. The Kier molecular flexibility index (Phi) is 3.17. The zero-order valence-corrected chi connectivity index (χ0v) is 10.1. The number of phenols is 1. The lowest BCUT2D eigenvalue weighted by molar-refractivity contribution is 0.254. The summed E-state index contributed by atoms with van der Waals surface area (Å²) in [4.78, 5) is 0. The molecule has 1 aliphatic rings. The number of benzene rings is 1. The van der Waals surface area contributed by atoms with Crippen LogP contribution in [0.3, 0.4) is 0 Å². The van der Waals surface area contributed by atoms with Gasteiger partial charge in [-0.2, -0.15) is 0 Å². The molecule has 0 bridgehead atoms. The van der Waals surface area contributed by atoms with Gasteiger partial charge in [-0.25, -0.2) is 8.78 Å². The van der Waals surface area contributed by atoms with Gasteiger partial charge in [0.15, 0.2) is 11.6 Å². The summed E-state index contributed by atoms with van der Waals surface area (Å²) in [7, 11) is 0. The standard InChI is InChI=1S/C11H12BrF2NO/c12-6-4-7(13)9(14)8(11(6)16)10(15)5-2-1-3-5/h4-5,10,16H,1-3,15H2/t10-/m0/s1. The minimum Gasteiger partial charge on any atom is -0.506 e. The normalized spacial score (nSPS) is 18.2. The monoisotopic (exact) mass is 291 g/mol. The number of halogens is 3. The van der Waals surface area contributed by atoms with Crippen LogP contribution in [-0.4, -0.2) is 5.11 Å². The van der Waals surface area contributed by atoms with Gasteiger partial charge in [-0.05, 0) is 40.8 Å². The lowest BCUT2D eigenvalue weighted by Crippen LogP contribution is -2.28. The Morgan fingerprint density at radius 2 is 2.06 bits per heavy atom. The first-order valence-electron chi connectivity index (χ1n) is 5.14. The van der Waals surface area contributed by atoms with Crippen molar-refractivity contribution < 1.29 is 13.9 Å².